The van der Waals surface area contributed by atoms with Crippen LogP contribution >= 0.6 is 0 Å². The van der Waals surface area contributed by atoms with Gasteiger partial charge in [-0.25, -0.2) is 13.2 Å². The topological polar surface area (TPSA) is 52.9 Å². The van der Waals surface area contributed by atoms with Gasteiger partial charge in [0.25, 0.3) is 0 Å². The molecule has 19 heavy (non-hydrogen) atoms. The van der Waals surface area contributed by atoms with Gasteiger partial charge in [0.05, 0.1) is 6.07 Å². The maximum Gasteiger partial charge on any atom is 0.244 e. The number of carbonyl (C=O) groups excluding carboxylic acids is 1. The summed E-state index contributed by atoms with van der Waals surface area (Å²) < 4.78 is 39.5. The van der Waals surface area contributed by atoms with Crippen LogP contribution in [0.1, 0.15) is 26.7 Å². The number of nitriles is 1. The first-order valence-electron chi connectivity index (χ1n) is 5.77. The van der Waals surface area contributed by atoms with E-state index in [2.05, 4.69) is 0 Å². The van der Waals surface area contributed by atoms with Gasteiger partial charge < -0.3 is 5.32 Å². The van der Waals surface area contributed by atoms with Crippen LogP contribution in [0.5, 0.6) is 0 Å². The van der Waals surface area contributed by atoms with Crippen molar-refractivity contribution in [3.63, 3.8) is 0 Å². The maximum atomic E-state index is 13.4. The van der Waals surface area contributed by atoms with Crippen LogP contribution in [-0.4, -0.2) is 5.91 Å². The molecule has 0 saturated carbocycles. The number of carbonyl (C=O) groups is 1. The zero-order chi connectivity index (χ0) is 14.6. The Bertz CT molecular complexity index is 510. The zero-order valence-electron chi connectivity index (χ0n) is 10.6. The fraction of sp³-hybridized carbons (Fsp3) is 0.385. The fourth-order valence-corrected chi connectivity index (χ4v) is 1.67. The third kappa shape index (κ3) is 2.87. The normalized spacial score (nSPS) is 10.9. The zero-order valence-corrected chi connectivity index (χ0v) is 10.6. The molecule has 102 valence electrons. The van der Waals surface area contributed by atoms with E-state index in [1.807, 2.05) is 11.4 Å². The Morgan fingerprint density at radius 2 is 1.74 bits per heavy atom. The smallest absolute Gasteiger partial charge is 0.244 e. The van der Waals surface area contributed by atoms with E-state index in [-0.39, 0.29) is 12.8 Å². The lowest BCUT2D eigenvalue weighted by Crippen LogP contribution is -2.34. The number of anilines is 1. The van der Waals surface area contributed by atoms with Crippen molar-refractivity contribution in [2.45, 2.75) is 26.7 Å². The van der Waals surface area contributed by atoms with Gasteiger partial charge in [-0.05, 0) is 12.8 Å². The third-order valence-electron chi connectivity index (χ3n) is 3.10. The van der Waals surface area contributed by atoms with Crippen LogP contribution < -0.4 is 5.32 Å². The van der Waals surface area contributed by atoms with Gasteiger partial charge in [0.1, 0.15) is 16.9 Å². The minimum absolute atomic E-state index is 0.205. The Balaban J connectivity index is 3.11. The van der Waals surface area contributed by atoms with E-state index < -0.39 is 34.5 Å². The summed E-state index contributed by atoms with van der Waals surface area (Å²) in [4.78, 5) is 12.0. The first-order chi connectivity index (χ1) is 8.90. The van der Waals surface area contributed by atoms with Gasteiger partial charge in [-0.15, -0.1) is 0 Å². The summed E-state index contributed by atoms with van der Waals surface area (Å²) in [7, 11) is 0. The molecular formula is C13H13F3N2O. The standard InChI is InChI=1S/C13H13F3N2O/c1-3-13(4-2,7-17)12(19)18-11-9(15)5-8(14)6-10(11)16/h5-6H,3-4H2,1-2H3,(H,18,19). The fourth-order valence-electron chi connectivity index (χ4n) is 1.67. The summed E-state index contributed by atoms with van der Waals surface area (Å²) in [6, 6.07) is 2.78. The number of hydrogen-bond acceptors (Lipinski definition) is 2. The first-order valence-corrected chi connectivity index (χ1v) is 5.77. The van der Waals surface area contributed by atoms with E-state index in [1.54, 1.807) is 13.8 Å². The molecule has 0 atom stereocenters. The van der Waals surface area contributed by atoms with E-state index in [0.717, 1.165) is 0 Å². The van der Waals surface area contributed by atoms with Crippen molar-refractivity contribution in [2.24, 2.45) is 5.41 Å². The molecule has 3 nitrogen and oxygen atoms in total. The largest absolute Gasteiger partial charge is 0.320 e. The maximum absolute atomic E-state index is 13.4. The lowest BCUT2D eigenvalue weighted by atomic mass is 9.83. The molecule has 0 radical (unpaired) electrons. The molecule has 0 spiro atoms. The van der Waals surface area contributed by atoms with Gasteiger partial charge in [0.15, 0.2) is 11.6 Å². The molecule has 0 aliphatic carbocycles. The van der Waals surface area contributed by atoms with Gasteiger partial charge in [0, 0.05) is 12.1 Å². The molecule has 1 N–H and O–H groups in total. The molecule has 0 heterocycles. The summed E-state index contributed by atoms with van der Waals surface area (Å²) in [6.07, 6.45) is 0.409. The van der Waals surface area contributed by atoms with Crippen LogP contribution in [0.3, 0.4) is 0 Å². The molecule has 1 aromatic carbocycles. The highest BCUT2D eigenvalue weighted by Gasteiger charge is 2.35. The number of nitrogens with zero attached hydrogens (tertiary/aromatic N) is 1. The summed E-state index contributed by atoms with van der Waals surface area (Å²) in [5.74, 6) is -4.32. The van der Waals surface area contributed by atoms with Crippen LogP contribution in [0, 0.1) is 34.2 Å². The summed E-state index contributed by atoms with van der Waals surface area (Å²) in [5.41, 5.74) is -2.10. The van der Waals surface area contributed by atoms with Gasteiger partial charge in [-0.1, -0.05) is 13.8 Å². The lowest BCUT2D eigenvalue weighted by Gasteiger charge is -2.22. The molecule has 1 amide bonds. The van der Waals surface area contributed by atoms with Crippen LogP contribution in [0.2, 0.25) is 0 Å². The van der Waals surface area contributed by atoms with Crippen molar-refractivity contribution >= 4 is 11.6 Å². The molecule has 0 fully saturated rings. The van der Waals surface area contributed by atoms with E-state index in [4.69, 9.17) is 5.26 Å². The van der Waals surface area contributed by atoms with Crippen LogP contribution in [-0.2, 0) is 4.79 Å². The predicted octanol–water partition coefficient (Wildman–Crippen LogP) is 3.37. The number of nitrogens with one attached hydrogen (secondary N) is 1. The Morgan fingerprint density at radius 3 is 2.11 bits per heavy atom. The van der Waals surface area contributed by atoms with Gasteiger partial charge in [0.2, 0.25) is 5.91 Å². The van der Waals surface area contributed by atoms with Crippen LogP contribution in [0.25, 0.3) is 0 Å². The average Bonchev–Trinajstić information content (AvgIpc) is 2.36. The second-order valence-corrected chi connectivity index (χ2v) is 4.10. The van der Waals surface area contributed by atoms with Crippen LogP contribution in [0.4, 0.5) is 18.9 Å². The first kappa shape index (κ1) is 15.0. The summed E-state index contributed by atoms with van der Waals surface area (Å²) in [5, 5.41) is 11.1. The molecule has 0 saturated heterocycles. The number of rotatable bonds is 4. The molecule has 0 aliphatic rings. The van der Waals surface area contributed by atoms with E-state index >= 15 is 0 Å². The highest BCUT2D eigenvalue weighted by Crippen LogP contribution is 2.29. The van der Waals surface area contributed by atoms with Crippen molar-refractivity contribution in [3.05, 3.63) is 29.6 Å². The van der Waals surface area contributed by atoms with Gasteiger partial charge in [-0.2, -0.15) is 5.26 Å². The van der Waals surface area contributed by atoms with Gasteiger partial charge >= 0.3 is 0 Å². The minimum atomic E-state index is -1.35. The molecule has 0 aliphatic heterocycles. The van der Waals surface area contributed by atoms with E-state index in [1.165, 1.54) is 0 Å². The molecule has 0 unspecified atom stereocenters. The molecule has 1 aromatic rings. The average molecular weight is 270 g/mol. The molecule has 6 heteroatoms. The second kappa shape index (κ2) is 5.74. The second-order valence-electron chi connectivity index (χ2n) is 4.10. The highest BCUT2D eigenvalue weighted by atomic mass is 19.1. The lowest BCUT2D eigenvalue weighted by molar-refractivity contribution is -0.123. The monoisotopic (exact) mass is 270 g/mol. The third-order valence-corrected chi connectivity index (χ3v) is 3.10. The number of amides is 1. The van der Waals surface area contributed by atoms with E-state index in [0.29, 0.717) is 12.1 Å². The summed E-state index contributed by atoms with van der Waals surface area (Å²) >= 11 is 0. The quantitative estimate of drug-likeness (QED) is 0.911. The van der Waals surface area contributed by atoms with Gasteiger partial charge in [-0.3, -0.25) is 4.79 Å². The SMILES string of the molecule is CCC(C#N)(CC)C(=O)Nc1c(F)cc(F)cc1F. The molecule has 0 aromatic heterocycles. The van der Waals surface area contributed by atoms with Crippen molar-refractivity contribution in [3.8, 4) is 6.07 Å². The Kier molecular flexibility index (Phi) is 4.54. The molecule has 0 bridgehead atoms. The Hall–Kier alpha value is -2.03. The number of hydrogen-bond donors (Lipinski definition) is 1. The highest BCUT2D eigenvalue weighted by molar-refractivity contribution is 5.97. The Morgan fingerprint density at radius 1 is 1.26 bits per heavy atom. The Labute approximate surface area is 109 Å². The number of halogens is 3. The van der Waals surface area contributed by atoms with Crippen molar-refractivity contribution in [2.75, 3.05) is 5.32 Å². The van der Waals surface area contributed by atoms with Crippen molar-refractivity contribution in [1.82, 2.24) is 0 Å². The summed E-state index contributed by atoms with van der Waals surface area (Å²) in [6.45, 7) is 3.26. The predicted molar refractivity (Wildman–Crippen MR) is 63.6 cm³/mol. The van der Waals surface area contributed by atoms with Crippen LogP contribution in [0.15, 0.2) is 12.1 Å². The van der Waals surface area contributed by atoms with E-state index in [9.17, 15) is 18.0 Å². The van der Waals surface area contributed by atoms with Crippen molar-refractivity contribution in [1.29, 1.82) is 5.26 Å². The minimum Gasteiger partial charge on any atom is -0.320 e. The van der Waals surface area contributed by atoms with Crippen molar-refractivity contribution < 1.29 is 18.0 Å². The number of benzene rings is 1. The molecular weight excluding hydrogens is 257 g/mol. The molecule has 1 rings (SSSR count).